The minimum Gasteiger partial charge on any atom is -0.480 e. The van der Waals surface area contributed by atoms with E-state index in [1.165, 1.54) is 0 Å². The van der Waals surface area contributed by atoms with Gasteiger partial charge in [0, 0.05) is 32.7 Å². The molecule has 0 aromatic rings. The summed E-state index contributed by atoms with van der Waals surface area (Å²) in [7, 11) is -3.68. The maximum Gasteiger partial charge on any atom is 0.325 e. The van der Waals surface area contributed by atoms with Crippen molar-refractivity contribution in [2.45, 2.75) is 37.3 Å². The van der Waals surface area contributed by atoms with E-state index in [1.54, 1.807) is 0 Å². The molecule has 1 unspecified atom stereocenters. The first-order valence-corrected chi connectivity index (χ1v) is 8.03. The van der Waals surface area contributed by atoms with Crippen LogP contribution >= 0.6 is 0 Å². The number of hydrogen-bond donors (Lipinski definition) is 2. The van der Waals surface area contributed by atoms with Gasteiger partial charge in [-0.2, -0.15) is 4.72 Å². The summed E-state index contributed by atoms with van der Waals surface area (Å²) in [6.45, 7) is 1.06. The number of carbonyl (C=O) groups is 1. The molecule has 0 aromatic heterocycles. The zero-order valence-corrected chi connectivity index (χ0v) is 11.4. The molecule has 2 rings (SSSR count). The van der Waals surface area contributed by atoms with Crippen LogP contribution in [0, 0.1) is 0 Å². The van der Waals surface area contributed by atoms with Gasteiger partial charge in [-0.1, -0.05) is 0 Å². The lowest BCUT2D eigenvalue weighted by atomic mass is 9.92. The summed E-state index contributed by atoms with van der Waals surface area (Å²) in [4.78, 5) is 11.4. The molecule has 0 spiro atoms. The average molecular weight is 293 g/mol. The van der Waals surface area contributed by atoms with Crippen molar-refractivity contribution in [3.63, 3.8) is 0 Å². The van der Waals surface area contributed by atoms with Gasteiger partial charge in [-0.3, -0.25) is 4.79 Å². The van der Waals surface area contributed by atoms with Crippen LogP contribution in [0.4, 0.5) is 0 Å². The van der Waals surface area contributed by atoms with E-state index in [-0.39, 0.29) is 37.9 Å². The number of sulfonamides is 1. The fraction of sp³-hybridized carbons (Fsp3) is 0.909. The van der Waals surface area contributed by atoms with Gasteiger partial charge < -0.3 is 14.6 Å². The van der Waals surface area contributed by atoms with Gasteiger partial charge in [-0.05, 0) is 12.8 Å². The Balaban J connectivity index is 2.05. The van der Waals surface area contributed by atoms with Crippen molar-refractivity contribution in [3.05, 3.63) is 0 Å². The van der Waals surface area contributed by atoms with Crippen molar-refractivity contribution in [2.24, 2.45) is 0 Å². The highest BCUT2D eigenvalue weighted by molar-refractivity contribution is 7.89. The number of nitrogens with one attached hydrogen (secondary N) is 1. The lowest BCUT2D eigenvalue weighted by molar-refractivity contribution is -0.147. The van der Waals surface area contributed by atoms with Crippen LogP contribution in [0.3, 0.4) is 0 Å². The zero-order chi connectivity index (χ0) is 13.9. The number of aliphatic carboxylic acids is 1. The second kappa shape index (κ2) is 5.74. The predicted octanol–water partition coefficient (Wildman–Crippen LogP) is -0.281. The van der Waals surface area contributed by atoms with E-state index in [0.29, 0.717) is 13.0 Å². The van der Waals surface area contributed by atoms with Gasteiger partial charge in [-0.25, -0.2) is 8.42 Å². The Kier molecular flexibility index (Phi) is 4.44. The maximum absolute atomic E-state index is 12.1. The van der Waals surface area contributed by atoms with E-state index in [1.807, 2.05) is 0 Å². The van der Waals surface area contributed by atoms with Crippen LogP contribution in [0.2, 0.25) is 0 Å². The van der Waals surface area contributed by atoms with Crippen LogP contribution in [0.25, 0.3) is 0 Å². The van der Waals surface area contributed by atoms with Gasteiger partial charge >= 0.3 is 5.97 Å². The third kappa shape index (κ3) is 3.65. The average Bonchev–Trinajstić information content (AvgIpc) is 2.81. The van der Waals surface area contributed by atoms with E-state index >= 15 is 0 Å². The van der Waals surface area contributed by atoms with E-state index < -0.39 is 21.5 Å². The number of ether oxygens (including phenoxy) is 2. The monoisotopic (exact) mass is 293 g/mol. The van der Waals surface area contributed by atoms with E-state index in [9.17, 15) is 18.3 Å². The molecule has 0 aromatic carbocycles. The van der Waals surface area contributed by atoms with Crippen molar-refractivity contribution >= 4 is 16.0 Å². The molecule has 2 N–H and O–H groups in total. The van der Waals surface area contributed by atoms with Crippen molar-refractivity contribution in [2.75, 3.05) is 25.6 Å². The number of carboxylic acids is 1. The maximum atomic E-state index is 12.1. The SMILES string of the molecule is O=C(O)C1(NS(=O)(=O)CC2CCCO2)CCOCC1. The van der Waals surface area contributed by atoms with Crippen molar-refractivity contribution in [1.82, 2.24) is 4.72 Å². The Morgan fingerprint density at radius 3 is 2.53 bits per heavy atom. The summed E-state index contributed by atoms with van der Waals surface area (Å²) >= 11 is 0. The molecule has 2 aliphatic heterocycles. The fourth-order valence-electron chi connectivity index (χ4n) is 2.44. The molecule has 0 aliphatic carbocycles. The molecule has 110 valence electrons. The largest absolute Gasteiger partial charge is 0.480 e. The van der Waals surface area contributed by atoms with Crippen molar-refractivity contribution in [1.29, 1.82) is 0 Å². The highest BCUT2D eigenvalue weighted by Crippen LogP contribution is 2.23. The van der Waals surface area contributed by atoms with Gasteiger partial charge in [0.1, 0.15) is 5.54 Å². The molecule has 0 radical (unpaired) electrons. The van der Waals surface area contributed by atoms with E-state index in [4.69, 9.17) is 9.47 Å². The molecule has 2 aliphatic rings. The molecule has 19 heavy (non-hydrogen) atoms. The highest BCUT2D eigenvalue weighted by atomic mass is 32.2. The van der Waals surface area contributed by atoms with Crippen LogP contribution in [0.1, 0.15) is 25.7 Å². The van der Waals surface area contributed by atoms with Crippen LogP contribution in [-0.4, -0.2) is 56.7 Å². The van der Waals surface area contributed by atoms with Crippen molar-refractivity contribution < 1.29 is 27.8 Å². The highest BCUT2D eigenvalue weighted by Gasteiger charge is 2.44. The molecule has 7 nitrogen and oxygen atoms in total. The van der Waals surface area contributed by atoms with Gasteiger partial charge in [0.2, 0.25) is 10.0 Å². The Hall–Kier alpha value is -0.700. The normalized spacial score (nSPS) is 27.3. The quantitative estimate of drug-likeness (QED) is 0.723. The summed E-state index contributed by atoms with van der Waals surface area (Å²) in [5.41, 5.74) is -1.43. The van der Waals surface area contributed by atoms with Gasteiger partial charge in [0.25, 0.3) is 0 Å². The second-order valence-corrected chi connectivity index (χ2v) is 6.79. The Labute approximate surface area is 112 Å². The Morgan fingerprint density at radius 2 is 2.00 bits per heavy atom. The minimum atomic E-state index is -3.68. The molecule has 0 bridgehead atoms. The summed E-state index contributed by atoms with van der Waals surface area (Å²) in [6.07, 6.45) is 1.51. The van der Waals surface area contributed by atoms with E-state index in [0.717, 1.165) is 6.42 Å². The van der Waals surface area contributed by atoms with Crippen molar-refractivity contribution in [3.8, 4) is 0 Å². The summed E-state index contributed by atoms with van der Waals surface area (Å²) < 4.78 is 36.9. The molecule has 2 saturated heterocycles. The molecule has 8 heteroatoms. The molecule has 2 fully saturated rings. The standard InChI is InChI=1S/C11H19NO6S/c13-10(14)11(3-6-17-7-4-11)12-19(15,16)8-9-2-1-5-18-9/h9,12H,1-8H2,(H,13,14). The van der Waals surface area contributed by atoms with Gasteiger partial charge in [0.05, 0.1) is 11.9 Å². The van der Waals surface area contributed by atoms with Gasteiger partial charge in [-0.15, -0.1) is 0 Å². The Bertz CT molecular complexity index is 422. The third-order valence-corrected chi connectivity index (χ3v) is 5.05. The van der Waals surface area contributed by atoms with Crippen LogP contribution in [0.5, 0.6) is 0 Å². The molecule has 0 amide bonds. The summed E-state index contributed by atoms with van der Waals surface area (Å²) in [5.74, 6) is -1.32. The Morgan fingerprint density at radius 1 is 1.32 bits per heavy atom. The third-order valence-electron chi connectivity index (χ3n) is 3.54. The summed E-state index contributed by atoms with van der Waals surface area (Å²) in [5, 5.41) is 9.30. The number of hydrogen-bond acceptors (Lipinski definition) is 5. The molecule has 0 saturated carbocycles. The van der Waals surface area contributed by atoms with Crippen LogP contribution < -0.4 is 4.72 Å². The number of rotatable bonds is 5. The van der Waals surface area contributed by atoms with Gasteiger partial charge in [0.15, 0.2) is 0 Å². The lowest BCUT2D eigenvalue weighted by Gasteiger charge is -2.33. The molecular weight excluding hydrogens is 274 g/mol. The first-order chi connectivity index (χ1) is 8.94. The lowest BCUT2D eigenvalue weighted by Crippen LogP contribution is -2.58. The number of carboxylic acid groups (broad SMARTS) is 1. The smallest absolute Gasteiger partial charge is 0.325 e. The zero-order valence-electron chi connectivity index (χ0n) is 10.6. The molecular formula is C11H19NO6S. The first-order valence-electron chi connectivity index (χ1n) is 6.38. The molecule has 2 heterocycles. The predicted molar refractivity (Wildman–Crippen MR) is 66.3 cm³/mol. The second-order valence-electron chi connectivity index (χ2n) is 5.02. The topological polar surface area (TPSA) is 102 Å². The summed E-state index contributed by atoms with van der Waals surface area (Å²) in [6, 6.07) is 0. The fourth-order valence-corrected chi connectivity index (χ4v) is 4.16. The molecule has 1 atom stereocenters. The van der Waals surface area contributed by atoms with Crippen LogP contribution in [-0.2, 0) is 24.3 Å². The first kappa shape index (κ1) is 14.7. The minimum absolute atomic E-state index is 0.146. The van der Waals surface area contributed by atoms with Crippen LogP contribution in [0.15, 0.2) is 0 Å². The van der Waals surface area contributed by atoms with E-state index in [2.05, 4.69) is 4.72 Å².